The number of carbonyl (C=O) groups excluding carboxylic acids is 4. The van der Waals surface area contributed by atoms with E-state index >= 15 is 0 Å². The molecular formula is C78H152O9. The van der Waals surface area contributed by atoms with Gasteiger partial charge in [0.15, 0.2) is 6.29 Å². The molecule has 10 rings (SSSR count). The zero-order valence-electron chi connectivity index (χ0n) is 54.3. The summed E-state index contributed by atoms with van der Waals surface area (Å²) in [5.41, 5.74) is -2.11. The fourth-order valence-electron chi connectivity index (χ4n) is 18.0. The van der Waals surface area contributed by atoms with Crippen LogP contribution in [0.1, 0.15) is 339 Å². The maximum absolute atomic E-state index is 12.9. The number of ether oxygens (including phenoxy) is 5. The number of fused-ring (bicyclic) bond motifs is 18. The molecular weight excluding hydrogens is 1080 g/mol. The molecule has 15 atom stereocenters. The van der Waals surface area contributed by atoms with Crippen LogP contribution in [0.5, 0.6) is 0 Å². The minimum absolute atomic E-state index is 0. The fraction of sp³-hybridized carbons (Fsp3) is 0.949. The quantitative estimate of drug-likeness (QED) is 0.0608. The topological polar surface area (TPSA) is 114 Å². The minimum atomic E-state index is -0.415. The smallest absolute Gasteiger partial charge is 0.313 e. The van der Waals surface area contributed by atoms with Crippen molar-refractivity contribution in [1.82, 2.24) is 0 Å². The number of esters is 4. The van der Waals surface area contributed by atoms with Gasteiger partial charge in [-0.05, 0) is 287 Å². The molecule has 0 aromatic rings. The van der Waals surface area contributed by atoms with E-state index in [1.54, 1.807) is 0 Å². The molecule has 0 amide bonds. The van der Waals surface area contributed by atoms with E-state index in [0.717, 1.165) is 110 Å². The number of hydrogen-bond donors (Lipinski definition) is 0. The lowest BCUT2D eigenvalue weighted by Gasteiger charge is -2.49. The van der Waals surface area contributed by atoms with E-state index in [9.17, 15) is 19.2 Å². The third-order valence-corrected chi connectivity index (χ3v) is 24.9. The van der Waals surface area contributed by atoms with Crippen LogP contribution in [0.25, 0.3) is 0 Å². The minimum Gasteiger partial charge on any atom is -0.459 e. The summed E-state index contributed by atoms with van der Waals surface area (Å²) in [5, 5.41) is 0. The zero-order chi connectivity index (χ0) is 58.4. The Kier molecular flexibility index (Phi) is 33.6. The molecule has 8 bridgehead atoms. The Bertz CT molecular complexity index is 2070. The Morgan fingerprint density at radius 2 is 0.862 bits per heavy atom. The summed E-state index contributed by atoms with van der Waals surface area (Å²) in [6.45, 7) is 39.0. The van der Waals surface area contributed by atoms with Gasteiger partial charge in [-0.15, -0.1) is 0 Å². The average molecular weight is 1230 g/mol. The lowest BCUT2D eigenvalue weighted by molar-refractivity contribution is -0.202. The van der Waals surface area contributed by atoms with Gasteiger partial charge in [0.1, 0.15) is 16.8 Å². The van der Waals surface area contributed by atoms with Crippen molar-refractivity contribution in [3.05, 3.63) is 0 Å². The lowest BCUT2D eigenvalue weighted by Crippen LogP contribution is -2.52. The van der Waals surface area contributed by atoms with Gasteiger partial charge in [-0.3, -0.25) is 19.2 Å². The fourth-order valence-corrected chi connectivity index (χ4v) is 18.0. The van der Waals surface area contributed by atoms with E-state index < -0.39 is 11.7 Å². The molecule has 0 heterocycles. The Morgan fingerprint density at radius 1 is 0.437 bits per heavy atom. The van der Waals surface area contributed by atoms with Crippen LogP contribution in [0.2, 0.25) is 0 Å². The second kappa shape index (κ2) is 33.6. The summed E-state index contributed by atoms with van der Waals surface area (Å²) in [5.74, 6) is 12.1. The van der Waals surface area contributed by atoms with E-state index in [-0.39, 0.29) is 116 Å². The van der Waals surface area contributed by atoms with Crippen LogP contribution < -0.4 is 0 Å². The first-order chi connectivity index (χ1) is 36.8. The molecule has 0 aromatic carbocycles. The molecule has 10 fully saturated rings. The molecule has 10 saturated carbocycles. The standard InChI is InChI=1S/C21H34O2.C20H32O3.C15H28O2.C14H26O2.8CH4/c1-6-20(4,5)19(22)23-21(12(2)3)11-15-10-16(21)18-14-8-7-13(9-14)17(15)18;1-5-20(3,4)19(21)23-11(2)22-16-10-14-9-15(16)18-13-7-6-12(8-13)17(14)18;1-6-14(2,3)13(16)17-15(4,5)12-10-8-7-9-11-12;1-6-13(4,5)12(15)16-14(11(2)3)9-7-8-10-14;;;;;;;;/h12-18H,6-11H2,1-5H3;11-18H,5-10H2,1-4H3;12H,6-11H2,1-5H3;11H,6-10H2,1-5H3;8*1H4. The Balaban J connectivity index is 0. The summed E-state index contributed by atoms with van der Waals surface area (Å²) < 4.78 is 29.9. The summed E-state index contributed by atoms with van der Waals surface area (Å²) >= 11 is 0. The second-order valence-electron chi connectivity index (χ2n) is 31.9. The molecule has 9 nitrogen and oxygen atoms in total. The van der Waals surface area contributed by atoms with Crippen LogP contribution in [0.15, 0.2) is 0 Å². The van der Waals surface area contributed by atoms with E-state index in [2.05, 4.69) is 48.5 Å². The molecule has 0 saturated heterocycles. The summed E-state index contributed by atoms with van der Waals surface area (Å²) in [6.07, 6.45) is 27.9. The number of carbonyl (C=O) groups is 4. The molecule has 0 aromatic heterocycles. The van der Waals surface area contributed by atoms with E-state index in [0.29, 0.717) is 29.8 Å². The highest BCUT2D eigenvalue weighted by molar-refractivity contribution is 5.77. The zero-order valence-corrected chi connectivity index (χ0v) is 54.3. The highest BCUT2D eigenvalue weighted by atomic mass is 16.7. The first-order valence-electron chi connectivity index (χ1n) is 33.4. The van der Waals surface area contributed by atoms with Crippen molar-refractivity contribution in [2.75, 3.05) is 0 Å². The molecule has 10 aliphatic carbocycles. The third kappa shape index (κ3) is 18.0. The summed E-state index contributed by atoms with van der Waals surface area (Å²) in [4.78, 5) is 49.4. The van der Waals surface area contributed by atoms with Gasteiger partial charge in [-0.2, -0.15) is 0 Å². The van der Waals surface area contributed by atoms with Crippen LogP contribution in [0, 0.1) is 110 Å². The van der Waals surface area contributed by atoms with Crippen molar-refractivity contribution in [3.8, 4) is 0 Å². The molecule has 15 unspecified atom stereocenters. The van der Waals surface area contributed by atoms with Crippen molar-refractivity contribution in [2.45, 2.75) is 368 Å². The van der Waals surface area contributed by atoms with Crippen LogP contribution in [0.4, 0.5) is 0 Å². The number of hydrogen-bond acceptors (Lipinski definition) is 9. The van der Waals surface area contributed by atoms with Crippen LogP contribution >= 0.6 is 0 Å². The molecule has 518 valence electrons. The van der Waals surface area contributed by atoms with E-state index in [4.69, 9.17) is 23.7 Å². The van der Waals surface area contributed by atoms with Gasteiger partial charge in [0.05, 0.1) is 27.8 Å². The highest BCUT2D eigenvalue weighted by Crippen LogP contribution is 2.72. The number of rotatable bonds is 17. The van der Waals surface area contributed by atoms with Crippen molar-refractivity contribution >= 4 is 23.9 Å². The van der Waals surface area contributed by atoms with Crippen molar-refractivity contribution in [1.29, 1.82) is 0 Å². The van der Waals surface area contributed by atoms with Gasteiger partial charge in [0, 0.05) is 5.92 Å². The van der Waals surface area contributed by atoms with Gasteiger partial charge in [-0.25, -0.2) is 0 Å². The van der Waals surface area contributed by atoms with Crippen LogP contribution in [-0.4, -0.2) is 53.1 Å². The van der Waals surface area contributed by atoms with Gasteiger partial charge in [0.2, 0.25) is 0 Å². The van der Waals surface area contributed by atoms with E-state index in [1.165, 1.54) is 103 Å². The van der Waals surface area contributed by atoms with Crippen molar-refractivity contribution < 1.29 is 42.9 Å². The van der Waals surface area contributed by atoms with Crippen molar-refractivity contribution in [2.24, 2.45) is 110 Å². The van der Waals surface area contributed by atoms with Gasteiger partial charge < -0.3 is 23.7 Å². The molecule has 0 N–H and O–H groups in total. The van der Waals surface area contributed by atoms with E-state index in [1.807, 2.05) is 83.1 Å². The Hall–Kier alpha value is -2.16. The molecule has 87 heavy (non-hydrogen) atoms. The average Bonchev–Trinajstić information content (AvgIpc) is 1.55. The predicted molar refractivity (Wildman–Crippen MR) is 371 cm³/mol. The summed E-state index contributed by atoms with van der Waals surface area (Å²) in [6, 6.07) is 0. The van der Waals surface area contributed by atoms with Crippen LogP contribution in [0.3, 0.4) is 0 Å². The molecule has 0 radical (unpaired) electrons. The first kappa shape index (κ1) is 86.9. The Labute approximate surface area is 542 Å². The second-order valence-corrected chi connectivity index (χ2v) is 31.9. The molecule has 0 aliphatic heterocycles. The molecule has 0 spiro atoms. The molecule has 9 heteroatoms. The SMILES string of the molecule is C.C.C.C.C.C.C.C.CCC(C)(C)C(=O)OC(C)(C)C1CCCCC1.CCC(C)(C)C(=O)OC(C)OC1CC2CC1C1C3CCC(C3)C21.CCC(C)(C)C(=O)OC1(C(C)C)CC2CC1C1C3CCC(C3)C21.CCC(C)(C)C(=O)OC1(C(C)C)CCCC1. The van der Waals surface area contributed by atoms with Gasteiger partial charge in [0.25, 0.3) is 0 Å². The monoisotopic (exact) mass is 1230 g/mol. The largest absolute Gasteiger partial charge is 0.459 e. The lowest BCUT2D eigenvalue weighted by atomic mass is 9.63. The summed E-state index contributed by atoms with van der Waals surface area (Å²) in [7, 11) is 0. The molecule has 10 aliphatic rings. The maximum Gasteiger partial charge on any atom is 0.313 e. The maximum atomic E-state index is 12.9. The predicted octanol–water partition coefficient (Wildman–Crippen LogP) is 22.8. The first-order valence-corrected chi connectivity index (χ1v) is 33.4. The van der Waals surface area contributed by atoms with Gasteiger partial charge in [-0.1, -0.05) is 134 Å². The van der Waals surface area contributed by atoms with Crippen LogP contribution in [-0.2, 0) is 42.9 Å². The normalized spacial score (nSPS) is 31.9. The third-order valence-electron chi connectivity index (χ3n) is 24.9. The van der Waals surface area contributed by atoms with Crippen molar-refractivity contribution in [3.63, 3.8) is 0 Å². The van der Waals surface area contributed by atoms with Gasteiger partial charge >= 0.3 is 23.9 Å². The Morgan fingerprint density at radius 3 is 1.32 bits per heavy atom. The highest BCUT2D eigenvalue weighted by Gasteiger charge is 2.69.